The number of nitrogens with one attached hydrogen (secondary N) is 1. The summed E-state index contributed by atoms with van der Waals surface area (Å²) < 4.78 is 1.92. The summed E-state index contributed by atoms with van der Waals surface area (Å²) in [6, 6.07) is 0. The van der Waals surface area contributed by atoms with Crippen LogP contribution >= 0.6 is 0 Å². The zero-order chi connectivity index (χ0) is 10.7. The number of rotatable bonds is 3. The molecule has 0 atom stereocenters. The van der Waals surface area contributed by atoms with Crippen LogP contribution in [0.1, 0.15) is 24.2 Å². The first-order valence-corrected chi connectivity index (χ1v) is 5.52. The second kappa shape index (κ2) is 4.72. The van der Waals surface area contributed by atoms with E-state index >= 15 is 0 Å². The number of nitrogens with zero attached hydrogens (tertiary/aromatic N) is 3. The van der Waals surface area contributed by atoms with Gasteiger partial charge in [-0.3, -0.25) is 0 Å². The molecule has 2 heterocycles. The first-order valence-electron chi connectivity index (χ1n) is 5.52. The summed E-state index contributed by atoms with van der Waals surface area (Å²) in [4.78, 5) is 0. The van der Waals surface area contributed by atoms with Crippen molar-refractivity contribution in [2.75, 3.05) is 13.1 Å². The van der Waals surface area contributed by atoms with Crippen molar-refractivity contribution < 1.29 is 5.11 Å². The molecule has 5 nitrogen and oxygen atoms in total. The van der Waals surface area contributed by atoms with E-state index in [0.29, 0.717) is 11.6 Å². The first-order chi connectivity index (χ1) is 7.31. The van der Waals surface area contributed by atoms with Gasteiger partial charge in [-0.05, 0) is 38.8 Å². The summed E-state index contributed by atoms with van der Waals surface area (Å²) in [5.41, 5.74) is 1.69. The van der Waals surface area contributed by atoms with Crippen molar-refractivity contribution in [1.82, 2.24) is 20.3 Å². The molecule has 15 heavy (non-hydrogen) atoms. The molecule has 0 spiro atoms. The fourth-order valence-corrected chi connectivity index (χ4v) is 2.02. The van der Waals surface area contributed by atoms with Gasteiger partial charge in [-0.2, -0.15) is 0 Å². The van der Waals surface area contributed by atoms with E-state index in [1.807, 2.05) is 11.6 Å². The van der Waals surface area contributed by atoms with Gasteiger partial charge in [-0.25, -0.2) is 4.68 Å². The van der Waals surface area contributed by atoms with Crippen LogP contribution in [0.5, 0.6) is 0 Å². The van der Waals surface area contributed by atoms with Crippen molar-refractivity contribution >= 4 is 0 Å². The molecule has 0 unspecified atom stereocenters. The predicted molar refractivity (Wildman–Crippen MR) is 56.3 cm³/mol. The van der Waals surface area contributed by atoms with Gasteiger partial charge >= 0.3 is 0 Å². The molecular formula is C10H18N4O. The Morgan fingerprint density at radius 2 is 2.20 bits per heavy atom. The molecule has 1 aliphatic heterocycles. The molecule has 1 aromatic heterocycles. The Morgan fingerprint density at radius 1 is 1.47 bits per heavy atom. The van der Waals surface area contributed by atoms with E-state index in [1.54, 1.807) is 0 Å². The number of hydrogen-bond acceptors (Lipinski definition) is 4. The van der Waals surface area contributed by atoms with Gasteiger partial charge in [-0.1, -0.05) is 5.21 Å². The number of aromatic nitrogens is 3. The van der Waals surface area contributed by atoms with E-state index < -0.39 is 0 Å². The van der Waals surface area contributed by atoms with Crippen LogP contribution in [0.15, 0.2) is 0 Å². The summed E-state index contributed by atoms with van der Waals surface area (Å²) in [7, 11) is 0. The molecule has 0 bridgehead atoms. The molecule has 84 valence electrons. The topological polar surface area (TPSA) is 63.0 Å². The molecule has 0 saturated carbocycles. The summed E-state index contributed by atoms with van der Waals surface area (Å²) in [5, 5.41) is 20.4. The smallest absolute Gasteiger partial charge is 0.111 e. The zero-order valence-electron chi connectivity index (χ0n) is 9.11. The molecule has 0 aliphatic carbocycles. The Balaban J connectivity index is 2.00. The lowest BCUT2D eigenvalue weighted by Gasteiger charge is -2.22. The number of aliphatic hydroxyl groups excluding tert-OH is 1. The second-order valence-electron chi connectivity index (χ2n) is 4.16. The van der Waals surface area contributed by atoms with Gasteiger partial charge in [0, 0.05) is 6.54 Å². The van der Waals surface area contributed by atoms with Gasteiger partial charge in [0.15, 0.2) is 0 Å². The van der Waals surface area contributed by atoms with Gasteiger partial charge in [0.05, 0.1) is 12.3 Å². The lowest BCUT2D eigenvalue weighted by molar-refractivity contribution is 0.275. The van der Waals surface area contributed by atoms with Crippen molar-refractivity contribution in [1.29, 1.82) is 0 Å². The summed E-state index contributed by atoms with van der Waals surface area (Å²) in [6.45, 7) is 5.09. The van der Waals surface area contributed by atoms with E-state index in [9.17, 15) is 0 Å². The third-order valence-electron chi connectivity index (χ3n) is 3.12. The molecule has 1 fully saturated rings. The van der Waals surface area contributed by atoms with Crippen LogP contribution in [-0.4, -0.2) is 33.2 Å². The van der Waals surface area contributed by atoms with Crippen LogP contribution in [0.2, 0.25) is 0 Å². The molecule has 2 rings (SSSR count). The molecule has 1 saturated heterocycles. The van der Waals surface area contributed by atoms with Crippen LogP contribution < -0.4 is 5.32 Å². The Bertz CT molecular complexity index is 317. The first kappa shape index (κ1) is 10.6. The fourth-order valence-electron chi connectivity index (χ4n) is 2.02. The predicted octanol–water partition coefficient (Wildman–Crippen LogP) is 0.0784. The zero-order valence-corrected chi connectivity index (χ0v) is 9.11. The molecule has 0 amide bonds. The molecule has 2 N–H and O–H groups in total. The molecule has 0 aromatic carbocycles. The Hall–Kier alpha value is -0.940. The highest BCUT2D eigenvalue weighted by atomic mass is 16.3. The number of aliphatic hydroxyl groups is 1. The van der Waals surface area contributed by atoms with Crippen LogP contribution in [0.3, 0.4) is 0 Å². The Kier molecular flexibility index (Phi) is 3.33. The minimum Gasteiger partial charge on any atom is -0.390 e. The maximum atomic E-state index is 9.01. The van der Waals surface area contributed by atoms with E-state index in [-0.39, 0.29) is 6.61 Å². The summed E-state index contributed by atoms with van der Waals surface area (Å²) >= 11 is 0. The highest BCUT2D eigenvalue weighted by Crippen LogP contribution is 2.15. The average molecular weight is 210 g/mol. The summed E-state index contributed by atoms with van der Waals surface area (Å²) in [5.74, 6) is 0.693. The molecular weight excluding hydrogens is 192 g/mol. The third kappa shape index (κ3) is 2.35. The minimum absolute atomic E-state index is 0.0158. The maximum absolute atomic E-state index is 9.01. The molecule has 1 aliphatic rings. The average Bonchev–Trinajstić information content (AvgIpc) is 2.62. The van der Waals surface area contributed by atoms with Gasteiger partial charge < -0.3 is 10.4 Å². The standard InChI is InChI=1S/C10H18N4O/c1-8-10(7-15)12-13-14(8)6-9-2-4-11-5-3-9/h9,11,15H,2-7H2,1H3. The van der Waals surface area contributed by atoms with Gasteiger partial charge in [0.2, 0.25) is 0 Å². The molecule has 5 heteroatoms. The van der Waals surface area contributed by atoms with Crippen molar-refractivity contribution in [3.63, 3.8) is 0 Å². The lowest BCUT2D eigenvalue weighted by Crippen LogP contribution is -2.30. The molecule has 0 radical (unpaired) electrons. The van der Waals surface area contributed by atoms with E-state index in [4.69, 9.17) is 5.11 Å². The maximum Gasteiger partial charge on any atom is 0.111 e. The normalized spacial score (nSPS) is 18.3. The van der Waals surface area contributed by atoms with Crippen molar-refractivity contribution in [3.8, 4) is 0 Å². The summed E-state index contributed by atoms with van der Waals surface area (Å²) in [6.07, 6.45) is 2.40. The Labute approximate surface area is 89.5 Å². The SMILES string of the molecule is Cc1c(CO)nnn1CC1CCNCC1. The molecule has 1 aromatic rings. The van der Waals surface area contributed by atoms with Crippen molar-refractivity contribution in [3.05, 3.63) is 11.4 Å². The fraction of sp³-hybridized carbons (Fsp3) is 0.800. The lowest BCUT2D eigenvalue weighted by atomic mass is 9.98. The van der Waals surface area contributed by atoms with E-state index in [2.05, 4.69) is 15.6 Å². The minimum atomic E-state index is -0.0158. The van der Waals surface area contributed by atoms with Crippen LogP contribution in [0.4, 0.5) is 0 Å². The van der Waals surface area contributed by atoms with Crippen LogP contribution in [0.25, 0.3) is 0 Å². The van der Waals surface area contributed by atoms with Crippen molar-refractivity contribution in [2.24, 2.45) is 5.92 Å². The highest BCUT2D eigenvalue weighted by molar-refractivity contribution is 5.06. The highest BCUT2D eigenvalue weighted by Gasteiger charge is 2.16. The van der Waals surface area contributed by atoms with Gasteiger partial charge in [0.25, 0.3) is 0 Å². The van der Waals surface area contributed by atoms with Crippen molar-refractivity contribution in [2.45, 2.75) is 32.9 Å². The Morgan fingerprint density at radius 3 is 2.80 bits per heavy atom. The van der Waals surface area contributed by atoms with Gasteiger partial charge in [0.1, 0.15) is 5.69 Å². The quantitative estimate of drug-likeness (QED) is 0.741. The number of hydrogen-bond donors (Lipinski definition) is 2. The van der Waals surface area contributed by atoms with Crippen LogP contribution in [0, 0.1) is 12.8 Å². The third-order valence-corrected chi connectivity index (χ3v) is 3.12. The van der Waals surface area contributed by atoms with E-state index in [0.717, 1.165) is 25.3 Å². The number of piperidine rings is 1. The van der Waals surface area contributed by atoms with Crippen LogP contribution in [-0.2, 0) is 13.2 Å². The largest absolute Gasteiger partial charge is 0.390 e. The van der Waals surface area contributed by atoms with E-state index in [1.165, 1.54) is 12.8 Å². The monoisotopic (exact) mass is 210 g/mol. The van der Waals surface area contributed by atoms with Gasteiger partial charge in [-0.15, -0.1) is 5.10 Å². The second-order valence-corrected chi connectivity index (χ2v) is 4.16.